The van der Waals surface area contributed by atoms with Crippen LogP contribution in [0.3, 0.4) is 0 Å². The molecule has 5 rings (SSSR count). The highest BCUT2D eigenvalue weighted by Crippen LogP contribution is 2.35. The number of benzene rings is 4. The van der Waals surface area contributed by atoms with Crippen molar-refractivity contribution in [1.29, 1.82) is 0 Å². The molecule has 0 bridgehead atoms. The molecule has 12 heteroatoms. The fraction of sp³-hybridized carbons (Fsp3) is 0.147. The summed E-state index contributed by atoms with van der Waals surface area (Å²) < 4.78 is 53.6. The number of para-hydroxylation sites is 1. The van der Waals surface area contributed by atoms with E-state index < -0.39 is 22.2 Å². The van der Waals surface area contributed by atoms with Crippen molar-refractivity contribution in [1.82, 2.24) is 9.66 Å². The summed E-state index contributed by atoms with van der Waals surface area (Å²) in [7, 11) is 0. The Morgan fingerprint density at radius 1 is 1.02 bits per heavy atom. The predicted molar refractivity (Wildman–Crippen MR) is 168 cm³/mol. The number of aromatic nitrogens is 2. The van der Waals surface area contributed by atoms with E-state index in [-0.39, 0.29) is 29.1 Å². The molecule has 0 atom stereocenters. The summed E-state index contributed by atoms with van der Waals surface area (Å²) in [6.07, 6.45) is -1.15. The minimum Gasteiger partial charge on any atom is -0.490 e. The molecule has 0 aliphatic rings. The molecule has 1 aromatic heterocycles. The Bertz CT molecular complexity index is 2000. The van der Waals surface area contributed by atoms with Crippen molar-refractivity contribution in [3.8, 4) is 22.9 Å². The molecule has 0 N–H and O–H groups in total. The molecule has 4 aromatic carbocycles. The molecule has 0 saturated heterocycles. The van der Waals surface area contributed by atoms with E-state index in [1.54, 1.807) is 61.5 Å². The van der Waals surface area contributed by atoms with E-state index in [1.807, 2.05) is 0 Å². The monoisotopic (exact) mass is 628 g/mol. The first-order valence-corrected chi connectivity index (χ1v) is 14.1. The van der Waals surface area contributed by atoms with Crippen molar-refractivity contribution < 1.29 is 27.6 Å². The maximum absolute atomic E-state index is 13.6. The first-order valence-electron chi connectivity index (χ1n) is 14.1. The zero-order valence-electron chi connectivity index (χ0n) is 24.5. The normalized spacial score (nSPS) is 11.6. The maximum Gasteiger partial charge on any atom is 0.416 e. The van der Waals surface area contributed by atoms with Crippen molar-refractivity contribution in [2.75, 3.05) is 6.61 Å². The maximum atomic E-state index is 13.6. The third-order valence-electron chi connectivity index (χ3n) is 6.87. The van der Waals surface area contributed by atoms with E-state index in [4.69, 9.17) is 9.47 Å². The Morgan fingerprint density at radius 3 is 2.48 bits per heavy atom. The number of alkyl halides is 3. The van der Waals surface area contributed by atoms with Gasteiger partial charge in [-0.3, -0.25) is 14.9 Å². The number of hydrogen-bond donors (Lipinski definition) is 0. The SMILES string of the molecule is C=CCc1cc(C=Nn2c(-c3cccc(C(F)(F)F)c3)nc3ccccc3c2=O)cc(OCC)c1OCc1ccc([N+](=O)[O-])cc1. The van der Waals surface area contributed by atoms with Gasteiger partial charge in [0.15, 0.2) is 17.3 Å². The molecule has 0 unspecified atom stereocenters. The summed E-state index contributed by atoms with van der Waals surface area (Å²) in [4.78, 5) is 28.6. The van der Waals surface area contributed by atoms with Gasteiger partial charge in [-0.25, -0.2) is 4.98 Å². The third-order valence-corrected chi connectivity index (χ3v) is 6.87. The Kier molecular flexibility index (Phi) is 9.26. The topological polar surface area (TPSA) is 109 Å². The lowest BCUT2D eigenvalue weighted by atomic mass is 10.1. The van der Waals surface area contributed by atoms with Crippen LogP contribution >= 0.6 is 0 Å². The van der Waals surface area contributed by atoms with Crippen LogP contribution in [0.5, 0.6) is 11.5 Å². The first-order chi connectivity index (χ1) is 22.1. The van der Waals surface area contributed by atoms with Crippen LogP contribution in [0.15, 0.2) is 107 Å². The average Bonchev–Trinajstić information content (AvgIpc) is 3.04. The first kappa shape index (κ1) is 31.6. The molecule has 1 heterocycles. The number of nitrogens with zero attached hydrogens (tertiary/aromatic N) is 4. The smallest absolute Gasteiger partial charge is 0.416 e. The molecule has 0 fully saturated rings. The lowest BCUT2D eigenvalue weighted by Crippen LogP contribution is -2.20. The number of nitro benzene ring substituents is 1. The molecular formula is C34H27F3N4O5. The molecule has 0 aliphatic carbocycles. The molecule has 9 nitrogen and oxygen atoms in total. The van der Waals surface area contributed by atoms with Gasteiger partial charge in [-0.1, -0.05) is 30.3 Å². The summed E-state index contributed by atoms with van der Waals surface area (Å²) in [5, 5.41) is 15.6. The van der Waals surface area contributed by atoms with Crippen LogP contribution in [-0.4, -0.2) is 27.4 Å². The van der Waals surface area contributed by atoms with Crippen LogP contribution < -0.4 is 15.0 Å². The molecule has 46 heavy (non-hydrogen) atoms. The minimum absolute atomic E-state index is 0.0355. The molecule has 0 saturated carbocycles. The van der Waals surface area contributed by atoms with Crippen LogP contribution in [0.4, 0.5) is 18.9 Å². The highest BCUT2D eigenvalue weighted by Gasteiger charge is 2.31. The van der Waals surface area contributed by atoms with Crippen molar-refractivity contribution in [2.45, 2.75) is 26.1 Å². The van der Waals surface area contributed by atoms with Gasteiger partial charge >= 0.3 is 6.18 Å². The Balaban J connectivity index is 1.57. The van der Waals surface area contributed by atoms with Crippen molar-refractivity contribution >= 4 is 22.8 Å². The molecule has 5 aromatic rings. The lowest BCUT2D eigenvalue weighted by molar-refractivity contribution is -0.384. The molecule has 0 aliphatic heterocycles. The fourth-order valence-corrected chi connectivity index (χ4v) is 4.74. The summed E-state index contributed by atoms with van der Waals surface area (Å²) >= 11 is 0. The van der Waals surface area contributed by atoms with Gasteiger partial charge in [0.05, 0.1) is 34.2 Å². The van der Waals surface area contributed by atoms with Crippen LogP contribution in [-0.2, 0) is 19.2 Å². The zero-order chi connectivity index (χ0) is 32.8. The number of non-ortho nitro benzene ring substituents is 1. The standard InChI is InChI=1S/C34H27F3N4O5/c1-3-8-24-17-23(18-30(45-4-2)31(24)46-21-22-13-15-27(16-14-22)41(43)44)20-38-40-32(25-9-7-10-26(19-25)34(35,36)37)39-29-12-6-5-11-28(29)33(40)42/h3,5-7,9-20H,1,4,8,21H2,2H3. The van der Waals surface area contributed by atoms with E-state index in [2.05, 4.69) is 16.7 Å². The Hall–Kier alpha value is -5.78. The van der Waals surface area contributed by atoms with Crippen LogP contribution in [0, 0.1) is 10.1 Å². The van der Waals surface area contributed by atoms with Crippen LogP contribution in [0.2, 0.25) is 0 Å². The highest BCUT2D eigenvalue weighted by molar-refractivity contribution is 5.83. The molecule has 0 spiro atoms. The van der Waals surface area contributed by atoms with Gasteiger partial charge in [0.1, 0.15) is 6.61 Å². The lowest BCUT2D eigenvalue weighted by Gasteiger charge is -2.17. The number of nitro groups is 1. The molecular weight excluding hydrogens is 601 g/mol. The third kappa shape index (κ3) is 6.96. The summed E-state index contributed by atoms with van der Waals surface area (Å²) in [5.41, 5.74) is 0.793. The van der Waals surface area contributed by atoms with Gasteiger partial charge in [0.25, 0.3) is 11.2 Å². The van der Waals surface area contributed by atoms with Gasteiger partial charge in [-0.15, -0.1) is 6.58 Å². The van der Waals surface area contributed by atoms with Gasteiger partial charge in [0.2, 0.25) is 0 Å². The van der Waals surface area contributed by atoms with Crippen molar-refractivity contribution in [3.05, 3.63) is 140 Å². The van der Waals surface area contributed by atoms with E-state index in [1.165, 1.54) is 30.5 Å². The number of rotatable bonds is 11. The average molecular weight is 629 g/mol. The van der Waals surface area contributed by atoms with E-state index in [0.29, 0.717) is 46.7 Å². The van der Waals surface area contributed by atoms with Crippen molar-refractivity contribution in [2.24, 2.45) is 5.10 Å². The quantitative estimate of drug-likeness (QED) is 0.0646. The van der Waals surface area contributed by atoms with Gasteiger partial charge < -0.3 is 9.47 Å². The van der Waals surface area contributed by atoms with Gasteiger partial charge in [-0.2, -0.15) is 22.9 Å². The van der Waals surface area contributed by atoms with E-state index >= 15 is 0 Å². The molecule has 0 amide bonds. The second-order valence-electron chi connectivity index (χ2n) is 10.0. The van der Waals surface area contributed by atoms with Crippen molar-refractivity contribution in [3.63, 3.8) is 0 Å². The second kappa shape index (κ2) is 13.5. The van der Waals surface area contributed by atoms with Crippen LogP contribution in [0.1, 0.15) is 29.2 Å². The van der Waals surface area contributed by atoms with Crippen LogP contribution in [0.25, 0.3) is 22.3 Å². The zero-order valence-corrected chi connectivity index (χ0v) is 24.5. The highest BCUT2D eigenvalue weighted by atomic mass is 19.4. The summed E-state index contributed by atoms with van der Waals surface area (Å²) in [6.45, 7) is 6.03. The minimum atomic E-state index is -4.60. The Labute approximate surface area is 261 Å². The number of halogens is 3. The van der Waals surface area contributed by atoms with Gasteiger partial charge in [0, 0.05) is 23.3 Å². The largest absolute Gasteiger partial charge is 0.490 e. The summed E-state index contributed by atoms with van der Waals surface area (Å²) in [5.74, 6) is 0.754. The Morgan fingerprint density at radius 2 is 1.78 bits per heavy atom. The summed E-state index contributed by atoms with van der Waals surface area (Å²) in [6, 6.07) is 20.5. The number of hydrogen-bond acceptors (Lipinski definition) is 7. The predicted octanol–water partition coefficient (Wildman–Crippen LogP) is 7.58. The fourth-order valence-electron chi connectivity index (χ4n) is 4.74. The van der Waals surface area contributed by atoms with E-state index in [0.717, 1.165) is 16.8 Å². The van der Waals surface area contributed by atoms with Gasteiger partial charge in [-0.05, 0) is 73.0 Å². The molecule has 0 radical (unpaired) electrons. The number of fused-ring (bicyclic) bond motifs is 1. The molecule has 234 valence electrons. The second-order valence-corrected chi connectivity index (χ2v) is 10.0. The van der Waals surface area contributed by atoms with E-state index in [9.17, 15) is 28.1 Å². The number of allylic oxidation sites excluding steroid dienone is 1. The number of ether oxygens (including phenoxy) is 2.